The second-order valence-electron chi connectivity index (χ2n) is 2.85. The van der Waals surface area contributed by atoms with Crippen molar-refractivity contribution >= 4 is 28.8 Å². The van der Waals surface area contributed by atoms with Crippen LogP contribution in [0.15, 0.2) is 17.2 Å². The summed E-state index contributed by atoms with van der Waals surface area (Å²) in [5, 5.41) is 18.5. The number of amidine groups is 1. The van der Waals surface area contributed by atoms with Gasteiger partial charge in [-0.3, -0.25) is 10.8 Å². The van der Waals surface area contributed by atoms with Gasteiger partial charge in [0, 0.05) is 6.07 Å². The maximum absolute atomic E-state index is 12.9. The van der Waals surface area contributed by atoms with Crippen molar-refractivity contribution in [3.05, 3.63) is 28.8 Å². The summed E-state index contributed by atoms with van der Waals surface area (Å²) in [6.07, 6.45) is 0. The second kappa shape index (κ2) is 5.23. The van der Waals surface area contributed by atoms with Crippen molar-refractivity contribution in [3.8, 4) is 6.07 Å². The molecule has 4 N–H and O–H groups in total. The van der Waals surface area contributed by atoms with Gasteiger partial charge in [0.2, 0.25) is 5.71 Å². The van der Waals surface area contributed by atoms with Gasteiger partial charge in [0.25, 0.3) is 0 Å². The summed E-state index contributed by atoms with van der Waals surface area (Å²) in [6, 6.07) is 3.44. The van der Waals surface area contributed by atoms with Crippen LogP contribution in [0, 0.1) is 28.4 Å². The summed E-state index contributed by atoms with van der Waals surface area (Å²) in [4.78, 5) is 0. The fraction of sp³-hybridized carbons (Fsp3) is 0. The Balaban J connectivity index is 2.98. The standard InChI is InChI=1S/C9H6ClF2N5/c10-5-1-4(2-6(11)8(5)12)16-17-7(3-13)9(14)15/h1-2,16H,(H3,14,15)/b17-7+. The van der Waals surface area contributed by atoms with E-state index in [-0.39, 0.29) is 11.4 Å². The highest BCUT2D eigenvalue weighted by atomic mass is 35.5. The minimum Gasteiger partial charge on any atom is -0.382 e. The average Bonchev–Trinajstić information content (AvgIpc) is 2.26. The lowest BCUT2D eigenvalue weighted by Crippen LogP contribution is -2.21. The quantitative estimate of drug-likeness (QED) is 0.333. The smallest absolute Gasteiger partial charge is 0.201 e. The number of hydrogen-bond acceptors (Lipinski definition) is 4. The van der Waals surface area contributed by atoms with Gasteiger partial charge in [-0.2, -0.15) is 10.4 Å². The summed E-state index contributed by atoms with van der Waals surface area (Å²) in [5.74, 6) is -2.88. The molecule has 88 valence electrons. The lowest BCUT2D eigenvalue weighted by Gasteiger charge is -2.03. The molecule has 0 heterocycles. The van der Waals surface area contributed by atoms with Gasteiger partial charge in [-0.05, 0) is 6.07 Å². The number of nitriles is 1. The second-order valence-corrected chi connectivity index (χ2v) is 3.26. The number of hydrazone groups is 1. The molecule has 1 rings (SSSR count). The monoisotopic (exact) mass is 257 g/mol. The number of nitrogens with two attached hydrogens (primary N) is 1. The highest BCUT2D eigenvalue weighted by molar-refractivity contribution is 6.45. The normalized spacial score (nSPS) is 10.8. The fourth-order valence-corrected chi connectivity index (χ4v) is 1.09. The van der Waals surface area contributed by atoms with E-state index in [1.54, 1.807) is 6.07 Å². The van der Waals surface area contributed by atoms with Crippen molar-refractivity contribution in [3.63, 3.8) is 0 Å². The van der Waals surface area contributed by atoms with Crippen molar-refractivity contribution in [2.24, 2.45) is 10.8 Å². The van der Waals surface area contributed by atoms with E-state index in [0.29, 0.717) is 0 Å². The highest BCUT2D eigenvalue weighted by Gasteiger charge is 2.09. The van der Waals surface area contributed by atoms with Crippen LogP contribution in [0.5, 0.6) is 0 Å². The van der Waals surface area contributed by atoms with Crippen molar-refractivity contribution in [1.29, 1.82) is 10.7 Å². The van der Waals surface area contributed by atoms with Crippen molar-refractivity contribution in [2.75, 3.05) is 5.43 Å². The van der Waals surface area contributed by atoms with Gasteiger partial charge in [0.1, 0.15) is 6.07 Å². The Morgan fingerprint density at radius 2 is 2.18 bits per heavy atom. The third-order valence-electron chi connectivity index (χ3n) is 1.64. The molecule has 0 aliphatic rings. The number of halogens is 3. The van der Waals surface area contributed by atoms with Gasteiger partial charge >= 0.3 is 0 Å². The van der Waals surface area contributed by atoms with Crippen molar-refractivity contribution in [2.45, 2.75) is 0 Å². The molecule has 1 aromatic rings. The SMILES string of the molecule is N#C/C(=N\Nc1cc(F)c(F)c(Cl)c1)C(=N)N. The Hall–Kier alpha value is -2.20. The van der Waals surface area contributed by atoms with E-state index in [9.17, 15) is 8.78 Å². The van der Waals surface area contributed by atoms with Crippen LogP contribution >= 0.6 is 11.6 Å². The number of benzene rings is 1. The number of nitrogens with one attached hydrogen (secondary N) is 2. The van der Waals surface area contributed by atoms with E-state index in [1.807, 2.05) is 0 Å². The highest BCUT2D eigenvalue weighted by Crippen LogP contribution is 2.22. The van der Waals surface area contributed by atoms with Gasteiger partial charge in [0.15, 0.2) is 17.5 Å². The molecule has 0 unspecified atom stereocenters. The van der Waals surface area contributed by atoms with Gasteiger partial charge in [-0.25, -0.2) is 8.78 Å². The summed E-state index contributed by atoms with van der Waals surface area (Å²) in [5.41, 5.74) is 6.91. The van der Waals surface area contributed by atoms with Crippen LogP contribution in [0.2, 0.25) is 5.02 Å². The van der Waals surface area contributed by atoms with Crippen LogP contribution in [-0.4, -0.2) is 11.5 Å². The summed E-state index contributed by atoms with van der Waals surface area (Å²) in [6.45, 7) is 0. The molecule has 0 aliphatic heterocycles. The Bertz CT molecular complexity index is 512. The zero-order valence-electron chi connectivity index (χ0n) is 8.26. The maximum Gasteiger partial charge on any atom is 0.201 e. The van der Waals surface area contributed by atoms with E-state index in [4.69, 9.17) is 28.0 Å². The molecule has 0 atom stereocenters. The molecule has 1 aromatic carbocycles. The van der Waals surface area contributed by atoms with Crippen LogP contribution in [0.4, 0.5) is 14.5 Å². The van der Waals surface area contributed by atoms with Gasteiger partial charge in [0.05, 0.1) is 10.7 Å². The molecule has 0 amide bonds. The first-order valence-electron chi connectivity index (χ1n) is 4.18. The number of nitrogens with zero attached hydrogens (tertiary/aromatic N) is 2. The molecule has 17 heavy (non-hydrogen) atoms. The molecule has 8 heteroatoms. The largest absolute Gasteiger partial charge is 0.382 e. The predicted molar refractivity (Wildman–Crippen MR) is 60.0 cm³/mol. The molecule has 0 fully saturated rings. The van der Waals surface area contributed by atoms with Crippen LogP contribution in [0.3, 0.4) is 0 Å². The number of hydrogen-bond donors (Lipinski definition) is 3. The molecule has 0 saturated carbocycles. The minimum atomic E-state index is -1.17. The van der Waals surface area contributed by atoms with E-state index in [0.717, 1.165) is 12.1 Å². The zero-order chi connectivity index (χ0) is 13.0. The summed E-state index contributed by atoms with van der Waals surface area (Å²) in [7, 11) is 0. The molecule has 0 saturated heterocycles. The van der Waals surface area contributed by atoms with Gasteiger partial charge < -0.3 is 5.73 Å². The number of anilines is 1. The predicted octanol–water partition coefficient (Wildman–Crippen LogP) is 1.85. The van der Waals surface area contributed by atoms with Crippen LogP contribution in [-0.2, 0) is 0 Å². The number of rotatable bonds is 3. The summed E-state index contributed by atoms with van der Waals surface area (Å²) < 4.78 is 25.8. The Labute approximate surface area is 100.0 Å². The molecule has 0 bridgehead atoms. The molecule has 0 aromatic heterocycles. The van der Waals surface area contributed by atoms with Crippen LogP contribution < -0.4 is 11.2 Å². The fourth-order valence-electron chi connectivity index (χ4n) is 0.886. The van der Waals surface area contributed by atoms with E-state index >= 15 is 0 Å². The van der Waals surface area contributed by atoms with Crippen LogP contribution in [0.25, 0.3) is 0 Å². The Morgan fingerprint density at radius 1 is 1.53 bits per heavy atom. The Kier molecular flexibility index (Phi) is 3.96. The first-order valence-corrected chi connectivity index (χ1v) is 4.56. The van der Waals surface area contributed by atoms with E-state index in [2.05, 4.69) is 10.5 Å². The first kappa shape index (κ1) is 12.9. The third kappa shape index (κ3) is 3.12. The molecule has 0 radical (unpaired) electrons. The molecule has 5 nitrogen and oxygen atoms in total. The molecule has 0 aliphatic carbocycles. The van der Waals surface area contributed by atoms with E-state index < -0.39 is 22.5 Å². The van der Waals surface area contributed by atoms with Gasteiger partial charge in [-0.15, -0.1) is 0 Å². The molecule has 0 spiro atoms. The molecular formula is C9H6ClF2N5. The minimum absolute atomic E-state index is 0.0305. The maximum atomic E-state index is 12.9. The van der Waals surface area contributed by atoms with E-state index in [1.165, 1.54) is 0 Å². The van der Waals surface area contributed by atoms with Crippen molar-refractivity contribution < 1.29 is 8.78 Å². The van der Waals surface area contributed by atoms with Gasteiger partial charge in [-0.1, -0.05) is 11.6 Å². The lowest BCUT2D eigenvalue weighted by molar-refractivity contribution is 0.509. The van der Waals surface area contributed by atoms with Crippen LogP contribution in [0.1, 0.15) is 0 Å². The third-order valence-corrected chi connectivity index (χ3v) is 1.92. The summed E-state index contributed by atoms with van der Waals surface area (Å²) >= 11 is 5.40. The first-order chi connectivity index (χ1) is 7.95. The lowest BCUT2D eigenvalue weighted by atomic mass is 10.3. The topological polar surface area (TPSA) is 98.0 Å². The molecular weight excluding hydrogens is 252 g/mol. The van der Waals surface area contributed by atoms with Crippen molar-refractivity contribution in [1.82, 2.24) is 0 Å². The Morgan fingerprint density at radius 3 is 2.65 bits per heavy atom. The zero-order valence-corrected chi connectivity index (χ0v) is 9.02. The average molecular weight is 258 g/mol.